The Labute approximate surface area is 173 Å². The SMILES string of the molecule is C[C@@H]1CCCN(C(=O)COC(=O)c2cccc(S(=O)(=O)N3CCCCCC3)c2)C1. The van der Waals surface area contributed by atoms with Crippen molar-refractivity contribution < 1.29 is 22.7 Å². The maximum atomic E-state index is 12.9. The summed E-state index contributed by atoms with van der Waals surface area (Å²) in [6, 6.07) is 5.89. The second kappa shape index (κ2) is 9.71. The molecule has 3 rings (SSSR count). The average molecular weight is 423 g/mol. The predicted molar refractivity (Wildman–Crippen MR) is 109 cm³/mol. The highest BCUT2D eigenvalue weighted by Gasteiger charge is 2.26. The highest BCUT2D eigenvalue weighted by molar-refractivity contribution is 7.89. The van der Waals surface area contributed by atoms with E-state index in [1.807, 2.05) is 0 Å². The number of rotatable bonds is 5. The summed E-state index contributed by atoms with van der Waals surface area (Å²) in [6.07, 6.45) is 5.81. The molecule has 0 aromatic heterocycles. The van der Waals surface area contributed by atoms with Crippen LogP contribution in [0.25, 0.3) is 0 Å². The van der Waals surface area contributed by atoms with E-state index < -0.39 is 16.0 Å². The van der Waals surface area contributed by atoms with Crippen LogP contribution < -0.4 is 0 Å². The number of ether oxygens (including phenoxy) is 1. The molecule has 7 nitrogen and oxygen atoms in total. The van der Waals surface area contributed by atoms with Gasteiger partial charge in [0.1, 0.15) is 0 Å². The van der Waals surface area contributed by atoms with E-state index in [0.29, 0.717) is 32.1 Å². The Hall–Kier alpha value is -1.93. The zero-order valence-corrected chi connectivity index (χ0v) is 17.8. The molecule has 1 aromatic carbocycles. The summed E-state index contributed by atoms with van der Waals surface area (Å²) in [5, 5.41) is 0. The first-order valence-corrected chi connectivity index (χ1v) is 11.9. The first kappa shape index (κ1) is 21.8. The van der Waals surface area contributed by atoms with E-state index >= 15 is 0 Å². The Morgan fingerprint density at radius 1 is 1.07 bits per heavy atom. The van der Waals surface area contributed by atoms with Gasteiger partial charge in [-0.3, -0.25) is 4.79 Å². The molecule has 2 aliphatic heterocycles. The van der Waals surface area contributed by atoms with Gasteiger partial charge in [-0.15, -0.1) is 0 Å². The molecule has 8 heteroatoms. The van der Waals surface area contributed by atoms with Crippen LogP contribution in [0.5, 0.6) is 0 Å². The van der Waals surface area contributed by atoms with Gasteiger partial charge in [-0.25, -0.2) is 13.2 Å². The van der Waals surface area contributed by atoms with Gasteiger partial charge < -0.3 is 9.64 Å². The highest BCUT2D eigenvalue weighted by Crippen LogP contribution is 2.21. The van der Waals surface area contributed by atoms with Crippen LogP contribution in [-0.2, 0) is 19.6 Å². The van der Waals surface area contributed by atoms with Crippen LogP contribution >= 0.6 is 0 Å². The van der Waals surface area contributed by atoms with E-state index in [4.69, 9.17) is 4.74 Å². The number of carbonyl (C=O) groups excluding carboxylic acids is 2. The lowest BCUT2D eigenvalue weighted by atomic mass is 10.0. The highest BCUT2D eigenvalue weighted by atomic mass is 32.2. The number of piperidine rings is 1. The van der Waals surface area contributed by atoms with Crippen molar-refractivity contribution in [3.63, 3.8) is 0 Å². The standard InChI is InChI=1S/C21H30N2O5S/c1-17-8-7-11-22(15-17)20(24)16-28-21(25)18-9-6-10-19(14-18)29(26,27)23-12-4-2-3-5-13-23/h6,9-10,14,17H,2-5,7-8,11-13,15-16H2,1H3/t17-/m1/s1. The summed E-state index contributed by atoms with van der Waals surface area (Å²) in [5.41, 5.74) is 0.140. The molecule has 0 spiro atoms. The molecule has 0 bridgehead atoms. The third-order valence-electron chi connectivity index (χ3n) is 5.61. The third-order valence-corrected chi connectivity index (χ3v) is 7.50. The van der Waals surface area contributed by atoms with Crippen LogP contribution in [0, 0.1) is 5.92 Å². The van der Waals surface area contributed by atoms with Crippen LogP contribution in [0.2, 0.25) is 0 Å². The monoisotopic (exact) mass is 422 g/mol. The van der Waals surface area contributed by atoms with Crippen molar-refractivity contribution in [1.82, 2.24) is 9.21 Å². The number of hydrogen-bond donors (Lipinski definition) is 0. The predicted octanol–water partition coefficient (Wildman–Crippen LogP) is 2.67. The van der Waals surface area contributed by atoms with Crippen molar-refractivity contribution in [2.45, 2.75) is 50.3 Å². The van der Waals surface area contributed by atoms with E-state index in [9.17, 15) is 18.0 Å². The zero-order valence-electron chi connectivity index (χ0n) is 17.0. The van der Waals surface area contributed by atoms with Gasteiger partial charge in [0.15, 0.2) is 6.61 Å². The fourth-order valence-corrected chi connectivity index (χ4v) is 5.50. The fraction of sp³-hybridized carbons (Fsp3) is 0.619. The van der Waals surface area contributed by atoms with E-state index in [0.717, 1.165) is 38.5 Å². The average Bonchev–Trinajstić information content (AvgIpc) is 3.02. The molecule has 1 aromatic rings. The van der Waals surface area contributed by atoms with Gasteiger partial charge in [-0.05, 0) is 49.8 Å². The van der Waals surface area contributed by atoms with Crippen LogP contribution in [0.15, 0.2) is 29.2 Å². The third kappa shape index (κ3) is 5.57. The molecule has 0 N–H and O–H groups in total. The number of likely N-dealkylation sites (tertiary alicyclic amines) is 1. The van der Waals surface area contributed by atoms with Gasteiger partial charge in [-0.2, -0.15) is 4.31 Å². The van der Waals surface area contributed by atoms with E-state index in [1.165, 1.54) is 28.6 Å². The van der Waals surface area contributed by atoms with Crippen LogP contribution in [0.3, 0.4) is 0 Å². The first-order chi connectivity index (χ1) is 13.9. The molecule has 160 valence electrons. The minimum atomic E-state index is -3.65. The van der Waals surface area contributed by atoms with Crippen molar-refractivity contribution in [1.29, 1.82) is 0 Å². The molecule has 2 fully saturated rings. The molecule has 0 saturated carbocycles. The number of nitrogens with zero attached hydrogens (tertiary/aromatic N) is 2. The molecule has 0 aliphatic carbocycles. The number of amides is 1. The summed E-state index contributed by atoms with van der Waals surface area (Å²) in [5.74, 6) is -0.446. The largest absolute Gasteiger partial charge is 0.452 e. The maximum absolute atomic E-state index is 12.9. The lowest BCUT2D eigenvalue weighted by molar-refractivity contribution is -0.136. The number of carbonyl (C=O) groups is 2. The van der Waals surface area contributed by atoms with Crippen molar-refractivity contribution in [3.05, 3.63) is 29.8 Å². The fourth-order valence-electron chi connectivity index (χ4n) is 3.93. The Morgan fingerprint density at radius 3 is 2.48 bits per heavy atom. The number of sulfonamides is 1. The molecule has 0 radical (unpaired) electrons. The Morgan fingerprint density at radius 2 is 1.79 bits per heavy atom. The van der Waals surface area contributed by atoms with E-state index in [2.05, 4.69) is 6.92 Å². The van der Waals surface area contributed by atoms with E-state index in [1.54, 1.807) is 4.90 Å². The Bertz CT molecular complexity index is 831. The summed E-state index contributed by atoms with van der Waals surface area (Å²) in [6.45, 7) is 4.14. The summed E-state index contributed by atoms with van der Waals surface area (Å²) in [4.78, 5) is 26.5. The van der Waals surface area contributed by atoms with E-state index in [-0.39, 0.29) is 23.0 Å². The van der Waals surface area contributed by atoms with Crippen LogP contribution in [-0.4, -0.2) is 62.3 Å². The van der Waals surface area contributed by atoms with Crippen molar-refractivity contribution in [3.8, 4) is 0 Å². The first-order valence-electron chi connectivity index (χ1n) is 10.4. The van der Waals surface area contributed by atoms with Gasteiger partial charge in [0.05, 0.1) is 10.5 Å². The molecule has 2 heterocycles. The number of esters is 1. The topological polar surface area (TPSA) is 84.0 Å². The van der Waals surface area contributed by atoms with Gasteiger partial charge >= 0.3 is 5.97 Å². The second-order valence-corrected chi connectivity index (χ2v) is 9.95. The maximum Gasteiger partial charge on any atom is 0.338 e. The minimum absolute atomic E-state index is 0.0880. The number of hydrogen-bond acceptors (Lipinski definition) is 5. The molecular formula is C21H30N2O5S. The minimum Gasteiger partial charge on any atom is -0.452 e. The lowest BCUT2D eigenvalue weighted by Crippen LogP contribution is -2.41. The normalized spacial score (nSPS) is 21.4. The summed E-state index contributed by atoms with van der Waals surface area (Å²) >= 11 is 0. The Kier molecular flexibility index (Phi) is 7.29. The lowest BCUT2D eigenvalue weighted by Gasteiger charge is -2.30. The smallest absolute Gasteiger partial charge is 0.338 e. The molecule has 0 unspecified atom stereocenters. The molecule has 1 atom stereocenters. The van der Waals surface area contributed by atoms with Gasteiger partial charge in [-0.1, -0.05) is 25.8 Å². The molecule has 2 aliphatic rings. The molecule has 1 amide bonds. The Balaban J connectivity index is 1.63. The second-order valence-electron chi connectivity index (χ2n) is 8.01. The number of benzene rings is 1. The van der Waals surface area contributed by atoms with Crippen LogP contribution in [0.1, 0.15) is 55.8 Å². The molecular weight excluding hydrogens is 392 g/mol. The van der Waals surface area contributed by atoms with Crippen LogP contribution in [0.4, 0.5) is 0 Å². The van der Waals surface area contributed by atoms with Gasteiger partial charge in [0.2, 0.25) is 10.0 Å². The summed E-state index contributed by atoms with van der Waals surface area (Å²) in [7, 11) is -3.65. The quantitative estimate of drug-likeness (QED) is 0.681. The van der Waals surface area contributed by atoms with Crippen molar-refractivity contribution in [2.24, 2.45) is 5.92 Å². The van der Waals surface area contributed by atoms with Gasteiger partial charge in [0.25, 0.3) is 5.91 Å². The van der Waals surface area contributed by atoms with Gasteiger partial charge in [0, 0.05) is 26.2 Å². The zero-order chi connectivity index (χ0) is 20.9. The van der Waals surface area contributed by atoms with Crippen molar-refractivity contribution >= 4 is 21.9 Å². The molecule has 29 heavy (non-hydrogen) atoms. The van der Waals surface area contributed by atoms with Crippen molar-refractivity contribution in [2.75, 3.05) is 32.8 Å². The summed E-state index contributed by atoms with van der Waals surface area (Å²) < 4.78 is 32.5. The molecule has 2 saturated heterocycles.